The van der Waals surface area contributed by atoms with Crippen LogP contribution >= 0.6 is 0 Å². The third-order valence-electron chi connectivity index (χ3n) is 2.48. The molecule has 0 N–H and O–H groups in total. The van der Waals surface area contributed by atoms with Gasteiger partial charge in [0.1, 0.15) is 12.2 Å². The van der Waals surface area contributed by atoms with Crippen LogP contribution in [0.15, 0.2) is 6.07 Å². The number of ether oxygens (including phenoxy) is 2. The zero-order chi connectivity index (χ0) is 17.8. The molecule has 0 spiro atoms. The molecule has 0 atom stereocenters. The monoisotopic (exact) mass is 336 g/mol. The second-order valence-corrected chi connectivity index (χ2v) is 5.71. The second kappa shape index (κ2) is 7.43. The van der Waals surface area contributed by atoms with Crippen molar-refractivity contribution >= 4 is 11.8 Å². The van der Waals surface area contributed by atoms with Crippen LogP contribution in [0.25, 0.3) is 0 Å². The lowest BCUT2D eigenvalue weighted by Gasteiger charge is -2.19. The van der Waals surface area contributed by atoms with Crippen LogP contribution in [0.2, 0.25) is 0 Å². The number of rotatable bonds is 6. The van der Waals surface area contributed by atoms with Crippen LogP contribution in [0.5, 0.6) is 5.75 Å². The van der Waals surface area contributed by atoms with Gasteiger partial charge in [-0.1, -0.05) is 0 Å². The van der Waals surface area contributed by atoms with Crippen molar-refractivity contribution in [3.63, 3.8) is 0 Å². The molecular weight excluding hydrogens is 320 g/mol. The van der Waals surface area contributed by atoms with Crippen molar-refractivity contribution in [2.75, 3.05) is 6.61 Å². The first-order valence-corrected chi connectivity index (χ1v) is 6.70. The number of benzene rings is 1. The molecule has 0 fully saturated rings. The van der Waals surface area contributed by atoms with E-state index in [9.17, 15) is 27.2 Å². The molecular formula is C15H16F4O4. The molecule has 0 aliphatic rings. The molecule has 0 saturated heterocycles. The lowest BCUT2D eigenvalue weighted by molar-refractivity contribution is -0.155. The minimum absolute atomic E-state index is 0.0296. The van der Waals surface area contributed by atoms with Gasteiger partial charge in [0.25, 0.3) is 0 Å². The molecule has 0 unspecified atom stereocenters. The SMILES string of the molecule is CC(C)(C)OC(=O)CCC(=O)COc1c(F)c(F)cc(F)c1F. The summed E-state index contributed by atoms with van der Waals surface area (Å²) in [6, 6.07) is 0.0296. The third-order valence-corrected chi connectivity index (χ3v) is 2.48. The Morgan fingerprint density at radius 1 is 1.00 bits per heavy atom. The summed E-state index contributed by atoms with van der Waals surface area (Å²) < 4.78 is 62.0. The number of esters is 1. The number of hydrogen-bond acceptors (Lipinski definition) is 4. The first-order chi connectivity index (χ1) is 10.5. The number of ketones is 1. The molecule has 0 aromatic heterocycles. The summed E-state index contributed by atoms with van der Waals surface area (Å²) in [5, 5.41) is 0. The van der Waals surface area contributed by atoms with Crippen LogP contribution in [-0.2, 0) is 14.3 Å². The molecule has 0 aliphatic carbocycles. The molecule has 0 saturated carbocycles. The maximum Gasteiger partial charge on any atom is 0.306 e. The highest BCUT2D eigenvalue weighted by atomic mass is 19.2. The lowest BCUT2D eigenvalue weighted by atomic mass is 10.2. The van der Waals surface area contributed by atoms with Crippen molar-refractivity contribution in [3.8, 4) is 5.75 Å². The largest absolute Gasteiger partial charge is 0.480 e. The molecule has 1 rings (SSSR count). The minimum atomic E-state index is -1.73. The maximum absolute atomic E-state index is 13.3. The Hall–Kier alpha value is -2.12. The summed E-state index contributed by atoms with van der Waals surface area (Å²) in [6.07, 6.45) is -0.544. The van der Waals surface area contributed by atoms with Crippen molar-refractivity contribution < 1.29 is 36.6 Å². The summed E-state index contributed by atoms with van der Waals surface area (Å²) >= 11 is 0. The van der Waals surface area contributed by atoms with E-state index in [1.165, 1.54) is 0 Å². The molecule has 0 bridgehead atoms. The van der Waals surface area contributed by atoms with Gasteiger partial charge in [-0.15, -0.1) is 0 Å². The summed E-state index contributed by atoms with van der Waals surface area (Å²) in [4.78, 5) is 22.9. The molecule has 1 aromatic carbocycles. The first kappa shape index (κ1) is 18.9. The van der Waals surface area contributed by atoms with E-state index in [2.05, 4.69) is 4.74 Å². The Morgan fingerprint density at radius 3 is 2.00 bits per heavy atom. The van der Waals surface area contributed by atoms with Gasteiger partial charge in [0.05, 0.1) is 6.42 Å². The summed E-state index contributed by atoms with van der Waals surface area (Å²) in [5.74, 6) is -9.36. The van der Waals surface area contributed by atoms with Gasteiger partial charge >= 0.3 is 5.97 Å². The summed E-state index contributed by atoms with van der Waals surface area (Å²) in [5.41, 5.74) is -0.706. The van der Waals surface area contributed by atoms with E-state index < -0.39 is 53.0 Å². The summed E-state index contributed by atoms with van der Waals surface area (Å²) in [6.45, 7) is 4.12. The fourth-order valence-corrected chi connectivity index (χ4v) is 1.54. The van der Waals surface area contributed by atoms with Crippen molar-refractivity contribution in [1.29, 1.82) is 0 Å². The number of hydrogen-bond donors (Lipinski definition) is 0. The average molecular weight is 336 g/mol. The van der Waals surface area contributed by atoms with E-state index in [1.807, 2.05) is 0 Å². The maximum atomic E-state index is 13.3. The molecule has 128 valence electrons. The van der Waals surface area contributed by atoms with E-state index in [0.29, 0.717) is 0 Å². The normalized spacial score (nSPS) is 11.3. The zero-order valence-corrected chi connectivity index (χ0v) is 12.8. The highest BCUT2D eigenvalue weighted by Crippen LogP contribution is 2.26. The van der Waals surface area contributed by atoms with Crippen molar-refractivity contribution in [2.24, 2.45) is 0 Å². The topological polar surface area (TPSA) is 52.6 Å². The Kier molecular flexibility index (Phi) is 6.12. The van der Waals surface area contributed by atoms with E-state index in [1.54, 1.807) is 20.8 Å². The molecule has 0 radical (unpaired) electrons. The van der Waals surface area contributed by atoms with E-state index in [0.717, 1.165) is 0 Å². The standard InChI is InChI=1S/C15H16F4O4/c1-15(2,3)23-11(21)5-4-8(20)7-22-14-12(18)9(16)6-10(17)13(14)19/h6H,4-5,7H2,1-3H3. The predicted octanol–water partition coefficient (Wildman–Crippen LogP) is 3.31. The van der Waals surface area contributed by atoms with Gasteiger partial charge < -0.3 is 9.47 Å². The van der Waals surface area contributed by atoms with Gasteiger partial charge in [-0.3, -0.25) is 9.59 Å². The van der Waals surface area contributed by atoms with Crippen LogP contribution < -0.4 is 4.74 Å². The van der Waals surface area contributed by atoms with E-state index >= 15 is 0 Å². The number of halogens is 4. The molecule has 4 nitrogen and oxygen atoms in total. The Bertz CT molecular complexity index is 582. The second-order valence-electron chi connectivity index (χ2n) is 5.71. The lowest BCUT2D eigenvalue weighted by Crippen LogP contribution is -2.24. The van der Waals surface area contributed by atoms with Crippen LogP contribution in [0.3, 0.4) is 0 Å². The Balaban J connectivity index is 2.56. The van der Waals surface area contributed by atoms with Crippen molar-refractivity contribution in [2.45, 2.75) is 39.2 Å². The first-order valence-electron chi connectivity index (χ1n) is 6.70. The third kappa shape index (κ3) is 5.88. The highest BCUT2D eigenvalue weighted by molar-refractivity contribution is 5.84. The van der Waals surface area contributed by atoms with Gasteiger partial charge in [0.15, 0.2) is 23.2 Å². The van der Waals surface area contributed by atoms with Crippen LogP contribution in [-0.4, -0.2) is 24.0 Å². The zero-order valence-electron chi connectivity index (χ0n) is 12.8. The smallest absolute Gasteiger partial charge is 0.306 e. The molecule has 23 heavy (non-hydrogen) atoms. The van der Waals surface area contributed by atoms with Crippen molar-refractivity contribution in [3.05, 3.63) is 29.3 Å². The van der Waals surface area contributed by atoms with Gasteiger partial charge in [0, 0.05) is 12.5 Å². The molecule has 1 aromatic rings. The van der Waals surface area contributed by atoms with Gasteiger partial charge in [-0.2, -0.15) is 8.78 Å². The highest BCUT2D eigenvalue weighted by Gasteiger charge is 2.22. The fraction of sp³-hybridized carbons (Fsp3) is 0.467. The molecule has 0 amide bonds. The predicted molar refractivity (Wildman–Crippen MR) is 71.9 cm³/mol. The number of Topliss-reactive ketones (excluding diaryl/α,β-unsaturated/α-hetero) is 1. The van der Waals surface area contributed by atoms with Gasteiger partial charge in [0.2, 0.25) is 11.6 Å². The minimum Gasteiger partial charge on any atom is -0.480 e. The summed E-state index contributed by atoms with van der Waals surface area (Å²) in [7, 11) is 0. The number of carbonyl (C=O) groups excluding carboxylic acids is 2. The van der Waals surface area contributed by atoms with Crippen LogP contribution in [0, 0.1) is 23.3 Å². The quantitative estimate of drug-likeness (QED) is 0.454. The van der Waals surface area contributed by atoms with Gasteiger partial charge in [-0.25, -0.2) is 8.78 Å². The molecule has 8 heteroatoms. The van der Waals surface area contributed by atoms with E-state index in [-0.39, 0.29) is 18.9 Å². The molecule has 0 heterocycles. The fourth-order valence-electron chi connectivity index (χ4n) is 1.54. The van der Waals surface area contributed by atoms with Crippen LogP contribution in [0.1, 0.15) is 33.6 Å². The number of carbonyl (C=O) groups is 2. The van der Waals surface area contributed by atoms with E-state index in [4.69, 9.17) is 4.74 Å². The molecule has 0 aliphatic heterocycles. The average Bonchev–Trinajstić information content (AvgIpc) is 2.41. The Morgan fingerprint density at radius 2 is 1.52 bits per heavy atom. The van der Waals surface area contributed by atoms with Crippen molar-refractivity contribution in [1.82, 2.24) is 0 Å². The Labute approximate surface area is 130 Å². The van der Waals surface area contributed by atoms with Crippen LogP contribution in [0.4, 0.5) is 17.6 Å². The van der Waals surface area contributed by atoms with Gasteiger partial charge in [-0.05, 0) is 20.8 Å².